The molecule has 0 amide bonds. The highest BCUT2D eigenvalue weighted by molar-refractivity contribution is 5.52. The molecule has 0 aliphatic carbocycles. The van der Waals surface area contributed by atoms with Crippen LogP contribution < -0.4 is 5.32 Å². The number of benzene rings is 1. The van der Waals surface area contributed by atoms with Gasteiger partial charge in [0.2, 0.25) is 0 Å². The Morgan fingerprint density at radius 3 is 2.57 bits per heavy atom. The summed E-state index contributed by atoms with van der Waals surface area (Å²) in [7, 11) is 0. The molecule has 0 fully saturated rings. The molecule has 2 nitrogen and oxygen atoms in total. The van der Waals surface area contributed by atoms with E-state index >= 15 is 0 Å². The standard InChI is InChI=1S/C19H23NO/c1-5-6-18(20-16-9-7-13(2)8-10-16)19-12-11-17(21-19)14(3)15(19)4/h5,7-12,17-18,20H,1,6H2,2-4H3/t17?,18-,19?/m0/s1. The first-order valence-electron chi connectivity index (χ1n) is 7.56. The van der Waals surface area contributed by atoms with E-state index in [2.05, 4.69) is 69.1 Å². The Hall–Kier alpha value is -1.80. The fraction of sp³-hybridized carbons (Fsp3) is 0.368. The number of rotatable bonds is 5. The molecule has 2 heterocycles. The van der Waals surface area contributed by atoms with E-state index in [1.54, 1.807) is 0 Å². The summed E-state index contributed by atoms with van der Waals surface area (Å²) < 4.78 is 6.30. The van der Waals surface area contributed by atoms with Crippen LogP contribution in [0.5, 0.6) is 0 Å². The van der Waals surface area contributed by atoms with E-state index in [1.807, 2.05) is 6.08 Å². The molecule has 2 unspecified atom stereocenters. The van der Waals surface area contributed by atoms with Gasteiger partial charge in [-0.05, 0) is 56.5 Å². The highest BCUT2D eigenvalue weighted by Gasteiger charge is 2.50. The van der Waals surface area contributed by atoms with Crippen molar-refractivity contribution in [1.29, 1.82) is 0 Å². The molecule has 3 rings (SSSR count). The lowest BCUT2D eigenvalue weighted by Gasteiger charge is -2.35. The normalized spacial score (nSPS) is 28.0. The Balaban J connectivity index is 1.90. The second-order valence-electron chi connectivity index (χ2n) is 6.09. The molecule has 2 heteroatoms. The molecule has 3 atom stereocenters. The fourth-order valence-electron chi connectivity index (χ4n) is 3.31. The molecule has 0 spiro atoms. The summed E-state index contributed by atoms with van der Waals surface area (Å²) >= 11 is 0. The smallest absolute Gasteiger partial charge is 0.129 e. The molecule has 0 saturated heterocycles. The Morgan fingerprint density at radius 1 is 1.29 bits per heavy atom. The Labute approximate surface area is 127 Å². The zero-order valence-electron chi connectivity index (χ0n) is 13.0. The average Bonchev–Trinajstić information content (AvgIpc) is 3.02. The van der Waals surface area contributed by atoms with E-state index in [-0.39, 0.29) is 17.7 Å². The van der Waals surface area contributed by atoms with Crippen LogP contribution in [0.15, 0.2) is 60.2 Å². The molecule has 1 aromatic carbocycles. The maximum Gasteiger partial charge on any atom is 0.129 e. The summed E-state index contributed by atoms with van der Waals surface area (Å²) in [4.78, 5) is 0. The quantitative estimate of drug-likeness (QED) is 0.808. The number of hydrogen-bond donors (Lipinski definition) is 1. The van der Waals surface area contributed by atoms with Gasteiger partial charge in [0, 0.05) is 5.69 Å². The van der Waals surface area contributed by atoms with Gasteiger partial charge in [-0.3, -0.25) is 0 Å². The number of fused-ring (bicyclic) bond motifs is 2. The van der Waals surface area contributed by atoms with Crippen LogP contribution in [0.2, 0.25) is 0 Å². The Kier molecular flexibility index (Phi) is 3.50. The lowest BCUT2D eigenvalue weighted by Crippen LogP contribution is -2.45. The highest BCUT2D eigenvalue weighted by atomic mass is 16.5. The molecule has 2 bridgehead atoms. The van der Waals surface area contributed by atoms with E-state index in [9.17, 15) is 0 Å². The summed E-state index contributed by atoms with van der Waals surface area (Å²) in [5.74, 6) is 0. The van der Waals surface area contributed by atoms with Gasteiger partial charge in [0.05, 0.1) is 12.1 Å². The van der Waals surface area contributed by atoms with E-state index in [0.717, 1.165) is 12.1 Å². The molecule has 1 aromatic rings. The minimum absolute atomic E-state index is 0.150. The van der Waals surface area contributed by atoms with Crippen molar-refractivity contribution in [3.63, 3.8) is 0 Å². The first kappa shape index (κ1) is 14.2. The van der Waals surface area contributed by atoms with Crippen LogP contribution in [0.25, 0.3) is 0 Å². The number of ether oxygens (including phenoxy) is 1. The Morgan fingerprint density at radius 2 is 2.00 bits per heavy atom. The summed E-state index contributed by atoms with van der Waals surface area (Å²) in [6.45, 7) is 10.4. The largest absolute Gasteiger partial charge is 0.378 e. The number of anilines is 1. The summed E-state index contributed by atoms with van der Waals surface area (Å²) in [5, 5.41) is 3.64. The third kappa shape index (κ3) is 2.24. The van der Waals surface area contributed by atoms with Gasteiger partial charge in [0.15, 0.2) is 0 Å². The number of hydrogen-bond acceptors (Lipinski definition) is 2. The average molecular weight is 281 g/mol. The van der Waals surface area contributed by atoms with Crippen LogP contribution >= 0.6 is 0 Å². The minimum Gasteiger partial charge on any atom is -0.378 e. The van der Waals surface area contributed by atoms with E-state index in [4.69, 9.17) is 4.74 Å². The van der Waals surface area contributed by atoms with Crippen LogP contribution in [0.1, 0.15) is 25.8 Å². The third-order valence-electron chi connectivity index (χ3n) is 4.76. The molecule has 1 N–H and O–H groups in total. The van der Waals surface area contributed by atoms with E-state index in [0.29, 0.717) is 0 Å². The third-order valence-corrected chi connectivity index (χ3v) is 4.76. The first-order chi connectivity index (χ1) is 10.1. The lowest BCUT2D eigenvalue weighted by molar-refractivity contribution is 0.0284. The number of aryl methyl sites for hydroxylation is 1. The molecule has 0 radical (unpaired) electrons. The van der Waals surface area contributed by atoms with Crippen LogP contribution in [0, 0.1) is 6.92 Å². The van der Waals surface area contributed by atoms with Crippen LogP contribution in [0.4, 0.5) is 5.69 Å². The van der Waals surface area contributed by atoms with Crippen molar-refractivity contribution in [2.24, 2.45) is 0 Å². The molecule has 2 aliphatic heterocycles. The van der Waals surface area contributed by atoms with Crippen molar-refractivity contribution in [3.05, 3.63) is 65.8 Å². The summed E-state index contributed by atoms with van der Waals surface area (Å²) in [6, 6.07) is 8.66. The fourth-order valence-corrected chi connectivity index (χ4v) is 3.31. The van der Waals surface area contributed by atoms with Crippen LogP contribution in [-0.4, -0.2) is 17.7 Å². The molecular weight excluding hydrogens is 258 g/mol. The van der Waals surface area contributed by atoms with Crippen molar-refractivity contribution in [2.75, 3.05) is 5.32 Å². The van der Waals surface area contributed by atoms with Crippen LogP contribution in [-0.2, 0) is 4.74 Å². The van der Waals surface area contributed by atoms with E-state index in [1.165, 1.54) is 16.7 Å². The van der Waals surface area contributed by atoms with Gasteiger partial charge in [0.1, 0.15) is 5.60 Å². The minimum atomic E-state index is -0.326. The second-order valence-corrected chi connectivity index (χ2v) is 6.09. The van der Waals surface area contributed by atoms with Crippen molar-refractivity contribution in [2.45, 2.75) is 44.9 Å². The van der Waals surface area contributed by atoms with Crippen molar-refractivity contribution >= 4 is 5.69 Å². The second kappa shape index (κ2) is 5.19. The van der Waals surface area contributed by atoms with Gasteiger partial charge in [-0.25, -0.2) is 0 Å². The van der Waals surface area contributed by atoms with Gasteiger partial charge in [-0.15, -0.1) is 6.58 Å². The first-order valence-corrected chi connectivity index (χ1v) is 7.56. The monoisotopic (exact) mass is 281 g/mol. The molecule has 0 aromatic heterocycles. The van der Waals surface area contributed by atoms with Crippen LogP contribution in [0.3, 0.4) is 0 Å². The number of nitrogens with one attached hydrogen (secondary N) is 1. The van der Waals surface area contributed by atoms with Gasteiger partial charge < -0.3 is 10.1 Å². The highest BCUT2D eigenvalue weighted by Crippen LogP contribution is 2.46. The van der Waals surface area contributed by atoms with Crippen molar-refractivity contribution in [1.82, 2.24) is 0 Å². The summed E-state index contributed by atoms with van der Waals surface area (Å²) in [5.41, 5.74) is 4.75. The SMILES string of the molecule is C=CC[C@H](Nc1ccc(C)cc1)C12C=CC(O1)C(C)=C2C. The molecule has 110 valence electrons. The molecular formula is C19H23NO. The predicted molar refractivity (Wildman–Crippen MR) is 88.5 cm³/mol. The Bertz CT molecular complexity index is 611. The van der Waals surface area contributed by atoms with Gasteiger partial charge in [-0.2, -0.15) is 0 Å². The molecule has 0 saturated carbocycles. The van der Waals surface area contributed by atoms with Gasteiger partial charge in [-0.1, -0.05) is 29.8 Å². The maximum atomic E-state index is 6.30. The maximum absolute atomic E-state index is 6.30. The topological polar surface area (TPSA) is 21.3 Å². The lowest BCUT2D eigenvalue weighted by atomic mass is 9.81. The zero-order valence-corrected chi connectivity index (χ0v) is 13.0. The zero-order chi connectivity index (χ0) is 15.0. The molecule has 21 heavy (non-hydrogen) atoms. The molecule has 2 aliphatic rings. The van der Waals surface area contributed by atoms with Gasteiger partial charge >= 0.3 is 0 Å². The van der Waals surface area contributed by atoms with Crippen molar-refractivity contribution < 1.29 is 4.74 Å². The predicted octanol–water partition coefficient (Wildman–Crippen LogP) is 4.40. The van der Waals surface area contributed by atoms with Crippen molar-refractivity contribution in [3.8, 4) is 0 Å². The van der Waals surface area contributed by atoms with E-state index < -0.39 is 0 Å². The van der Waals surface area contributed by atoms with Gasteiger partial charge in [0.25, 0.3) is 0 Å². The summed E-state index contributed by atoms with van der Waals surface area (Å²) in [6.07, 6.45) is 7.36.